The number of pyridine rings is 1. The molecule has 4 heteroatoms. The summed E-state index contributed by atoms with van der Waals surface area (Å²) in [5.74, 6) is 2.84. The summed E-state index contributed by atoms with van der Waals surface area (Å²) in [6.07, 6.45) is 2.80. The highest BCUT2D eigenvalue weighted by atomic mass is 16.5. The Bertz CT molecular complexity index is 535. The third-order valence-corrected chi connectivity index (χ3v) is 2.60. The average Bonchev–Trinajstić information content (AvgIpc) is 2.48. The predicted octanol–water partition coefficient (Wildman–Crippen LogP) is 4.45. The molecule has 0 radical (unpaired) electrons. The van der Waals surface area contributed by atoms with E-state index in [1.807, 2.05) is 44.2 Å². The lowest BCUT2D eigenvalue weighted by Crippen LogP contribution is -2.05. The lowest BCUT2D eigenvalue weighted by Gasteiger charge is -2.10. The van der Waals surface area contributed by atoms with E-state index in [1.165, 1.54) is 0 Å². The maximum Gasteiger partial charge on any atom is 0.219 e. The van der Waals surface area contributed by atoms with Crippen LogP contribution < -0.4 is 14.2 Å². The first-order valence-corrected chi connectivity index (χ1v) is 7.21. The van der Waals surface area contributed by atoms with Crippen molar-refractivity contribution < 1.29 is 14.2 Å². The van der Waals surface area contributed by atoms with Crippen molar-refractivity contribution in [2.24, 2.45) is 0 Å². The number of hydrogen-bond acceptors (Lipinski definition) is 4. The molecular formula is C17H21NO3. The van der Waals surface area contributed by atoms with Gasteiger partial charge in [-0.15, -0.1) is 0 Å². The van der Waals surface area contributed by atoms with Gasteiger partial charge in [0, 0.05) is 6.07 Å². The standard InChI is InChI=1S/C17H21NO3/c1-4-11-19-16-9-10-17(18-12-16)21-15-7-5-14(6-8-15)20-13(2)3/h5-10,12-13H,4,11H2,1-3H3. The number of hydrogen-bond donors (Lipinski definition) is 0. The molecule has 0 atom stereocenters. The summed E-state index contributed by atoms with van der Waals surface area (Å²) in [6, 6.07) is 11.1. The highest BCUT2D eigenvalue weighted by Crippen LogP contribution is 2.24. The molecule has 0 aliphatic rings. The molecule has 0 fully saturated rings. The summed E-state index contributed by atoms with van der Waals surface area (Å²) in [4.78, 5) is 4.22. The number of aromatic nitrogens is 1. The zero-order chi connectivity index (χ0) is 15.1. The van der Waals surface area contributed by atoms with Gasteiger partial charge in [0.1, 0.15) is 17.2 Å². The first kappa shape index (κ1) is 15.2. The van der Waals surface area contributed by atoms with Gasteiger partial charge in [-0.3, -0.25) is 0 Å². The Kier molecular flexibility index (Phi) is 5.43. The van der Waals surface area contributed by atoms with Crippen molar-refractivity contribution in [3.8, 4) is 23.1 Å². The van der Waals surface area contributed by atoms with E-state index in [0.29, 0.717) is 12.5 Å². The summed E-state index contributed by atoms with van der Waals surface area (Å²) in [5, 5.41) is 0. The van der Waals surface area contributed by atoms with Crippen molar-refractivity contribution >= 4 is 0 Å². The van der Waals surface area contributed by atoms with Crippen molar-refractivity contribution in [3.05, 3.63) is 42.6 Å². The van der Waals surface area contributed by atoms with Crippen LogP contribution in [0, 0.1) is 0 Å². The summed E-state index contributed by atoms with van der Waals surface area (Å²) < 4.78 is 16.7. The van der Waals surface area contributed by atoms with Crippen LogP contribution in [0.4, 0.5) is 0 Å². The Morgan fingerprint density at radius 3 is 2.19 bits per heavy atom. The smallest absolute Gasteiger partial charge is 0.219 e. The molecule has 112 valence electrons. The molecule has 21 heavy (non-hydrogen) atoms. The van der Waals surface area contributed by atoms with Gasteiger partial charge in [-0.25, -0.2) is 4.98 Å². The third-order valence-electron chi connectivity index (χ3n) is 2.60. The minimum absolute atomic E-state index is 0.161. The fraction of sp³-hybridized carbons (Fsp3) is 0.353. The van der Waals surface area contributed by atoms with E-state index in [2.05, 4.69) is 11.9 Å². The molecule has 0 N–H and O–H groups in total. The highest BCUT2D eigenvalue weighted by molar-refractivity contribution is 5.34. The molecule has 0 aliphatic heterocycles. The van der Waals surface area contributed by atoms with Gasteiger partial charge in [0.2, 0.25) is 5.88 Å². The van der Waals surface area contributed by atoms with E-state index >= 15 is 0 Å². The van der Waals surface area contributed by atoms with E-state index in [9.17, 15) is 0 Å². The largest absolute Gasteiger partial charge is 0.492 e. The van der Waals surface area contributed by atoms with Crippen LogP contribution in [0.5, 0.6) is 23.1 Å². The second-order valence-corrected chi connectivity index (χ2v) is 4.92. The Labute approximate surface area is 125 Å². The molecule has 0 bridgehead atoms. The van der Waals surface area contributed by atoms with Gasteiger partial charge in [-0.2, -0.15) is 0 Å². The molecule has 0 unspecified atom stereocenters. The van der Waals surface area contributed by atoms with E-state index in [1.54, 1.807) is 12.3 Å². The number of ether oxygens (including phenoxy) is 3. The van der Waals surface area contributed by atoms with Crippen LogP contribution in [-0.2, 0) is 0 Å². The van der Waals surface area contributed by atoms with E-state index in [4.69, 9.17) is 14.2 Å². The summed E-state index contributed by atoms with van der Waals surface area (Å²) >= 11 is 0. The molecule has 1 aromatic carbocycles. The van der Waals surface area contributed by atoms with Crippen LogP contribution in [0.25, 0.3) is 0 Å². The van der Waals surface area contributed by atoms with Crippen LogP contribution in [0.3, 0.4) is 0 Å². The minimum Gasteiger partial charge on any atom is -0.492 e. The Morgan fingerprint density at radius 2 is 1.62 bits per heavy atom. The lowest BCUT2D eigenvalue weighted by atomic mass is 10.3. The number of rotatable bonds is 7. The van der Waals surface area contributed by atoms with Crippen LogP contribution in [-0.4, -0.2) is 17.7 Å². The minimum atomic E-state index is 0.161. The van der Waals surface area contributed by atoms with Gasteiger partial charge in [0.15, 0.2) is 0 Å². The molecule has 1 heterocycles. The van der Waals surface area contributed by atoms with Crippen molar-refractivity contribution in [1.29, 1.82) is 0 Å². The van der Waals surface area contributed by atoms with Crippen molar-refractivity contribution in [3.63, 3.8) is 0 Å². The second-order valence-electron chi connectivity index (χ2n) is 4.92. The van der Waals surface area contributed by atoms with Gasteiger partial charge in [0.05, 0.1) is 18.9 Å². The van der Waals surface area contributed by atoms with Gasteiger partial charge < -0.3 is 14.2 Å². The molecule has 0 amide bonds. The van der Waals surface area contributed by atoms with E-state index in [-0.39, 0.29) is 6.10 Å². The fourth-order valence-corrected chi connectivity index (χ4v) is 1.71. The van der Waals surface area contributed by atoms with Crippen LogP contribution in [0.1, 0.15) is 27.2 Å². The molecule has 2 aromatic rings. The topological polar surface area (TPSA) is 40.6 Å². The molecule has 0 saturated carbocycles. The highest BCUT2D eigenvalue weighted by Gasteiger charge is 2.02. The summed E-state index contributed by atoms with van der Waals surface area (Å²) in [6.45, 7) is 6.75. The molecular weight excluding hydrogens is 266 g/mol. The maximum atomic E-state index is 5.68. The van der Waals surface area contributed by atoms with Crippen molar-refractivity contribution in [2.75, 3.05) is 6.61 Å². The normalized spacial score (nSPS) is 10.5. The van der Waals surface area contributed by atoms with Crippen molar-refractivity contribution in [1.82, 2.24) is 4.98 Å². The molecule has 1 aromatic heterocycles. The predicted molar refractivity (Wildman–Crippen MR) is 82.3 cm³/mol. The Hall–Kier alpha value is -2.23. The second kappa shape index (κ2) is 7.53. The summed E-state index contributed by atoms with van der Waals surface area (Å²) in [5.41, 5.74) is 0. The monoisotopic (exact) mass is 287 g/mol. The Balaban J connectivity index is 1.94. The zero-order valence-electron chi connectivity index (χ0n) is 12.7. The van der Waals surface area contributed by atoms with Crippen LogP contribution >= 0.6 is 0 Å². The first-order chi connectivity index (χ1) is 10.2. The number of nitrogens with zero attached hydrogens (tertiary/aromatic N) is 1. The van der Waals surface area contributed by atoms with E-state index < -0.39 is 0 Å². The molecule has 2 rings (SSSR count). The quantitative estimate of drug-likeness (QED) is 0.754. The zero-order valence-corrected chi connectivity index (χ0v) is 12.7. The van der Waals surface area contributed by atoms with Crippen molar-refractivity contribution in [2.45, 2.75) is 33.3 Å². The van der Waals surface area contributed by atoms with Gasteiger partial charge in [-0.05, 0) is 50.6 Å². The fourth-order valence-electron chi connectivity index (χ4n) is 1.71. The maximum absolute atomic E-state index is 5.68. The SMILES string of the molecule is CCCOc1ccc(Oc2ccc(OC(C)C)cc2)nc1. The first-order valence-electron chi connectivity index (χ1n) is 7.21. The van der Waals surface area contributed by atoms with E-state index in [0.717, 1.165) is 23.7 Å². The lowest BCUT2D eigenvalue weighted by molar-refractivity contribution is 0.242. The van der Waals surface area contributed by atoms with Crippen LogP contribution in [0.15, 0.2) is 42.6 Å². The number of benzene rings is 1. The van der Waals surface area contributed by atoms with Gasteiger partial charge >= 0.3 is 0 Å². The molecule has 0 spiro atoms. The van der Waals surface area contributed by atoms with Crippen LogP contribution in [0.2, 0.25) is 0 Å². The molecule has 0 aliphatic carbocycles. The Morgan fingerprint density at radius 1 is 0.952 bits per heavy atom. The summed E-state index contributed by atoms with van der Waals surface area (Å²) in [7, 11) is 0. The molecule has 0 saturated heterocycles. The average molecular weight is 287 g/mol. The molecule has 4 nitrogen and oxygen atoms in total. The third kappa shape index (κ3) is 4.99. The van der Waals surface area contributed by atoms with Gasteiger partial charge in [0.25, 0.3) is 0 Å². The van der Waals surface area contributed by atoms with Gasteiger partial charge in [-0.1, -0.05) is 6.92 Å².